The molecule has 0 saturated heterocycles. The van der Waals surface area contributed by atoms with E-state index in [9.17, 15) is 4.39 Å². The van der Waals surface area contributed by atoms with Crippen LogP contribution in [0, 0.1) is 5.82 Å². The molecule has 0 aliphatic heterocycles. The van der Waals surface area contributed by atoms with Gasteiger partial charge in [0.15, 0.2) is 0 Å². The second kappa shape index (κ2) is 7.36. The van der Waals surface area contributed by atoms with E-state index < -0.39 is 0 Å². The molecule has 0 heterocycles. The van der Waals surface area contributed by atoms with Gasteiger partial charge in [0, 0.05) is 13.2 Å². The summed E-state index contributed by atoms with van der Waals surface area (Å²) in [6.07, 6.45) is 1.88. The smallest absolute Gasteiger partial charge is 0.123 e. The highest BCUT2D eigenvalue weighted by atomic mass is 19.1. The summed E-state index contributed by atoms with van der Waals surface area (Å²) < 4.78 is 18.0. The molecule has 90 valence electrons. The Morgan fingerprint density at radius 2 is 2.25 bits per heavy atom. The van der Waals surface area contributed by atoms with Gasteiger partial charge in [0.25, 0.3) is 0 Å². The van der Waals surface area contributed by atoms with Gasteiger partial charge in [-0.2, -0.15) is 0 Å². The highest BCUT2D eigenvalue weighted by Gasteiger charge is 2.04. The minimum atomic E-state index is -0.165. The number of ether oxygens (including phenoxy) is 1. The van der Waals surface area contributed by atoms with Crippen molar-refractivity contribution in [3.63, 3.8) is 0 Å². The summed E-state index contributed by atoms with van der Waals surface area (Å²) in [5, 5.41) is 3.39. The van der Waals surface area contributed by atoms with Crippen LogP contribution in [-0.2, 0) is 11.2 Å². The van der Waals surface area contributed by atoms with Crippen LogP contribution in [0.1, 0.15) is 18.9 Å². The summed E-state index contributed by atoms with van der Waals surface area (Å²) in [4.78, 5) is 0. The quantitative estimate of drug-likeness (QED) is 0.769. The predicted octanol–water partition coefficient (Wildman–Crippen LogP) is 2.38. The topological polar surface area (TPSA) is 21.3 Å². The number of hydrogen-bond donors (Lipinski definition) is 1. The predicted molar refractivity (Wildman–Crippen MR) is 64.1 cm³/mol. The monoisotopic (exact) mass is 225 g/mol. The minimum absolute atomic E-state index is 0.165. The molecule has 0 saturated carbocycles. The summed E-state index contributed by atoms with van der Waals surface area (Å²) in [5.74, 6) is -0.165. The molecule has 1 atom stereocenters. The highest BCUT2D eigenvalue weighted by Crippen LogP contribution is 2.03. The summed E-state index contributed by atoms with van der Waals surface area (Å²) in [7, 11) is 1.71. The first-order chi connectivity index (χ1) is 7.76. The average Bonchev–Trinajstić information content (AvgIpc) is 2.28. The number of halogens is 1. The van der Waals surface area contributed by atoms with Crippen LogP contribution < -0.4 is 5.32 Å². The van der Waals surface area contributed by atoms with E-state index in [4.69, 9.17) is 4.74 Å². The zero-order valence-corrected chi connectivity index (χ0v) is 10.0. The van der Waals surface area contributed by atoms with Gasteiger partial charge in [-0.3, -0.25) is 0 Å². The number of nitrogens with one attached hydrogen (secondary N) is 1. The van der Waals surface area contributed by atoms with Gasteiger partial charge in [0.1, 0.15) is 5.82 Å². The van der Waals surface area contributed by atoms with Crippen LogP contribution in [0.5, 0.6) is 0 Å². The van der Waals surface area contributed by atoms with Gasteiger partial charge in [-0.05, 0) is 37.1 Å². The van der Waals surface area contributed by atoms with Crippen molar-refractivity contribution in [2.75, 3.05) is 20.3 Å². The molecule has 0 aliphatic rings. The highest BCUT2D eigenvalue weighted by molar-refractivity contribution is 5.16. The fourth-order valence-corrected chi connectivity index (χ4v) is 1.64. The SMILES string of the molecule is CCC(COC)NCCc1cccc(F)c1. The molecule has 1 aromatic carbocycles. The Morgan fingerprint density at radius 1 is 1.44 bits per heavy atom. The van der Waals surface area contributed by atoms with Crippen LogP contribution >= 0.6 is 0 Å². The van der Waals surface area contributed by atoms with Gasteiger partial charge in [0.05, 0.1) is 6.61 Å². The number of methoxy groups -OCH3 is 1. The first kappa shape index (κ1) is 13.1. The molecule has 1 rings (SSSR count). The van der Waals surface area contributed by atoms with Crippen molar-refractivity contribution in [1.82, 2.24) is 5.32 Å². The lowest BCUT2D eigenvalue weighted by Crippen LogP contribution is -2.34. The Hall–Kier alpha value is -0.930. The fourth-order valence-electron chi connectivity index (χ4n) is 1.64. The molecule has 1 unspecified atom stereocenters. The van der Waals surface area contributed by atoms with Crippen LogP contribution in [0.4, 0.5) is 4.39 Å². The summed E-state index contributed by atoms with van der Waals surface area (Å²) >= 11 is 0. The van der Waals surface area contributed by atoms with Crippen LogP contribution in [0.3, 0.4) is 0 Å². The third-order valence-electron chi connectivity index (χ3n) is 2.60. The normalized spacial score (nSPS) is 12.7. The third kappa shape index (κ3) is 4.73. The van der Waals surface area contributed by atoms with E-state index >= 15 is 0 Å². The molecular formula is C13H20FNO. The zero-order chi connectivity index (χ0) is 11.8. The zero-order valence-electron chi connectivity index (χ0n) is 10.0. The minimum Gasteiger partial charge on any atom is -0.383 e. The second-order valence-electron chi connectivity index (χ2n) is 3.89. The van der Waals surface area contributed by atoms with Crippen molar-refractivity contribution in [2.45, 2.75) is 25.8 Å². The molecule has 0 aliphatic carbocycles. The molecule has 0 amide bonds. The van der Waals surface area contributed by atoms with Crippen molar-refractivity contribution in [3.05, 3.63) is 35.6 Å². The first-order valence-corrected chi connectivity index (χ1v) is 5.73. The van der Waals surface area contributed by atoms with Gasteiger partial charge in [-0.15, -0.1) is 0 Å². The molecular weight excluding hydrogens is 205 g/mol. The van der Waals surface area contributed by atoms with E-state index in [-0.39, 0.29) is 5.82 Å². The van der Waals surface area contributed by atoms with E-state index in [0.29, 0.717) is 6.04 Å². The molecule has 0 bridgehead atoms. The number of benzene rings is 1. The van der Waals surface area contributed by atoms with Gasteiger partial charge in [-0.1, -0.05) is 19.1 Å². The molecule has 0 aromatic heterocycles. The van der Waals surface area contributed by atoms with Crippen LogP contribution in [-0.4, -0.2) is 26.3 Å². The summed E-state index contributed by atoms with van der Waals surface area (Å²) in [6.45, 7) is 3.70. The standard InChI is InChI=1S/C13H20FNO/c1-3-13(10-16-2)15-8-7-11-5-4-6-12(14)9-11/h4-6,9,13,15H,3,7-8,10H2,1-2H3. The Bertz CT molecular complexity index is 304. The Labute approximate surface area is 96.8 Å². The Balaban J connectivity index is 2.29. The van der Waals surface area contributed by atoms with Crippen molar-refractivity contribution in [3.8, 4) is 0 Å². The van der Waals surface area contributed by atoms with Crippen LogP contribution in [0.15, 0.2) is 24.3 Å². The maximum atomic E-state index is 12.9. The van der Waals surface area contributed by atoms with Crippen molar-refractivity contribution in [2.24, 2.45) is 0 Å². The molecule has 1 N–H and O–H groups in total. The van der Waals surface area contributed by atoms with Crippen molar-refractivity contribution >= 4 is 0 Å². The molecule has 0 fully saturated rings. The molecule has 1 aromatic rings. The molecule has 2 nitrogen and oxygen atoms in total. The largest absolute Gasteiger partial charge is 0.383 e. The first-order valence-electron chi connectivity index (χ1n) is 5.73. The molecule has 3 heteroatoms. The van der Waals surface area contributed by atoms with E-state index in [1.807, 2.05) is 6.07 Å². The van der Waals surface area contributed by atoms with E-state index in [1.165, 1.54) is 6.07 Å². The van der Waals surface area contributed by atoms with Crippen molar-refractivity contribution in [1.29, 1.82) is 0 Å². The van der Waals surface area contributed by atoms with Gasteiger partial charge < -0.3 is 10.1 Å². The van der Waals surface area contributed by atoms with E-state index in [2.05, 4.69) is 12.2 Å². The molecule has 16 heavy (non-hydrogen) atoms. The third-order valence-corrected chi connectivity index (χ3v) is 2.60. The van der Waals surface area contributed by atoms with Gasteiger partial charge >= 0.3 is 0 Å². The van der Waals surface area contributed by atoms with Gasteiger partial charge in [0.2, 0.25) is 0 Å². The van der Waals surface area contributed by atoms with E-state index in [1.54, 1.807) is 19.2 Å². The van der Waals surface area contributed by atoms with E-state index in [0.717, 1.165) is 31.6 Å². The maximum absolute atomic E-state index is 12.9. The van der Waals surface area contributed by atoms with Gasteiger partial charge in [-0.25, -0.2) is 4.39 Å². The molecule has 0 radical (unpaired) electrons. The Morgan fingerprint density at radius 3 is 2.88 bits per heavy atom. The maximum Gasteiger partial charge on any atom is 0.123 e. The van der Waals surface area contributed by atoms with Crippen molar-refractivity contribution < 1.29 is 9.13 Å². The lowest BCUT2D eigenvalue weighted by atomic mass is 10.1. The fraction of sp³-hybridized carbons (Fsp3) is 0.538. The second-order valence-corrected chi connectivity index (χ2v) is 3.89. The lowest BCUT2D eigenvalue weighted by molar-refractivity contribution is 0.165. The summed E-state index contributed by atoms with van der Waals surface area (Å²) in [6, 6.07) is 7.13. The summed E-state index contributed by atoms with van der Waals surface area (Å²) in [5.41, 5.74) is 1.03. The number of rotatable bonds is 7. The lowest BCUT2D eigenvalue weighted by Gasteiger charge is -2.15. The molecule has 0 spiro atoms. The van der Waals surface area contributed by atoms with Crippen LogP contribution in [0.2, 0.25) is 0 Å². The average molecular weight is 225 g/mol. The number of hydrogen-bond acceptors (Lipinski definition) is 2. The Kier molecular flexibility index (Phi) is 6.04. The van der Waals surface area contributed by atoms with Crippen LogP contribution in [0.25, 0.3) is 0 Å².